The zero-order valence-corrected chi connectivity index (χ0v) is 15.9. The average molecular weight is 383 g/mol. The van der Waals surface area contributed by atoms with Crippen molar-refractivity contribution in [3.8, 4) is 16.3 Å². The topological polar surface area (TPSA) is 59.9 Å². The number of fused-ring (bicyclic) bond motifs is 1. The minimum atomic E-state index is 0.666. The van der Waals surface area contributed by atoms with Gasteiger partial charge in [0.15, 0.2) is 0 Å². The monoisotopic (exact) mass is 382 g/mol. The van der Waals surface area contributed by atoms with Gasteiger partial charge in [-0.15, -0.1) is 22.7 Å². The molecule has 0 spiro atoms. The summed E-state index contributed by atoms with van der Waals surface area (Å²) in [5.74, 6) is 1.72. The molecule has 3 aromatic heterocycles. The Labute approximate surface area is 159 Å². The van der Waals surface area contributed by atoms with Gasteiger partial charge in [-0.25, -0.2) is 15.0 Å². The highest BCUT2D eigenvalue weighted by atomic mass is 32.1. The van der Waals surface area contributed by atoms with Crippen LogP contribution in [0.2, 0.25) is 0 Å². The predicted octanol–water partition coefficient (Wildman–Crippen LogP) is 4.87. The second kappa shape index (κ2) is 7.80. The number of aromatic nitrogens is 3. The van der Waals surface area contributed by atoms with Crippen molar-refractivity contribution in [2.75, 3.05) is 18.5 Å². The van der Waals surface area contributed by atoms with Gasteiger partial charge in [-0.3, -0.25) is 0 Å². The molecule has 0 aliphatic rings. The highest BCUT2D eigenvalue weighted by Gasteiger charge is 2.06. The van der Waals surface area contributed by atoms with E-state index in [4.69, 9.17) is 4.74 Å². The number of rotatable bonds is 7. The average Bonchev–Trinajstić information content (AvgIpc) is 3.31. The molecule has 0 amide bonds. The summed E-state index contributed by atoms with van der Waals surface area (Å²) in [6.07, 6.45) is 2.51. The third kappa shape index (κ3) is 3.84. The molecular weight excluding hydrogens is 364 g/mol. The molecule has 0 bridgehead atoms. The molecular formula is C19H18N4OS2. The lowest BCUT2D eigenvalue weighted by atomic mass is 10.1. The van der Waals surface area contributed by atoms with Gasteiger partial charge in [0, 0.05) is 24.1 Å². The van der Waals surface area contributed by atoms with E-state index in [2.05, 4.69) is 38.5 Å². The Balaban J connectivity index is 1.40. The van der Waals surface area contributed by atoms with E-state index in [0.717, 1.165) is 40.6 Å². The van der Waals surface area contributed by atoms with Gasteiger partial charge in [-0.05, 0) is 31.0 Å². The lowest BCUT2D eigenvalue weighted by molar-refractivity contribution is 0.342. The number of nitrogens with one attached hydrogen (secondary N) is 1. The van der Waals surface area contributed by atoms with Crippen LogP contribution in [-0.4, -0.2) is 28.1 Å². The number of anilines is 1. The maximum Gasteiger partial charge on any atom is 0.130 e. The molecule has 5 nitrogen and oxygen atoms in total. The van der Waals surface area contributed by atoms with Gasteiger partial charge in [-0.2, -0.15) is 0 Å². The smallest absolute Gasteiger partial charge is 0.130 e. The van der Waals surface area contributed by atoms with Crippen LogP contribution >= 0.6 is 22.7 Å². The highest BCUT2D eigenvalue weighted by Crippen LogP contribution is 2.30. The van der Waals surface area contributed by atoms with E-state index >= 15 is 0 Å². The van der Waals surface area contributed by atoms with Gasteiger partial charge in [0.1, 0.15) is 17.9 Å². The molecule has 0 radical (unpaired) electrons. The summed E-state index contributed by atoms with van der Waals surface area (Å²) in [5.41, 5.74) is 5.13. The van der Waals surface area contributed by atoms with E-state index in [-0.39, 0.29) is 0 Å². The first-order valence-electron chi connectivity index (χ1n) is 8.41. The molecule has 0 aliphatic heterocycles. The quantitative estimate of drug-likeness (QED) is 0.494. The number of ether oxygens (including phenoxy) is 1. The fraction of sp³-hybridized carbons (Fsp3) is 0.211. The summed E-state index contributed by atoms with van der Waals surface area (Å²) in [6.45, 7) is 3.45. The lowest BCUT2D eigenvalue weighted by Crippen LogP contribution is -2.06. The van der Waals surface area contributed by atoms with Crippen LogP contribution in [0.4, 0.5) is 5.82 Å². The third-order valence-corrected chi connectivity index (χ3v) is 5.66. The van der Waals surface area contributed by atoms with Crippen LogP contribution in [0.1, 0.15) is 12.5 Å². The Bertz CT molecular complexity index is 1010. The molecule has 0 saturated heterocycles. The molecule has 1 aromatic carbocycles. The zero-order chi connectivity index (χ0) is 17.8. The number of benzene rings is 1. The van der Waals surface area contributed by atoms with Gasteiger partial charge in [0.2, 0.25) is 0 Å². The summed E-state index contributed by atoms with van der Waals surface area (Å²) in [6, 6.07) is 10.4. The second-order valence-corrected chi connectivity index (χ2v) is 7.50. The van der Waals surface area contributed by atoms with Crippen molar-refractivity contribution in [1.29, 1.82) is 0 Å². The Morgan fingerprint density at radius 1 is 1.08 bits per heavy atom. The van der Waals surface area contributed by atoms with Crippen LogP contribution in [0.5, 0.6) is 5.75 Å². The van der Waals surface area contributed by atoms with Crippen LogP contribution in [0.3, 0.4) is 0 Å². The number of nitrogens with zero attached hydrogens (tertiary/aromatic N) is 3. The van der Waals surface area contributed by atoms with Gasteiger partial charge in [0.25, 0.3) is 0 Å². The van der Waals surface area contributed by atoms with Crippen molar-refractivity contribution in [2.45, 2.75) is 13.3 Å². The predicted molar refractivity (Wildman–Crippen MR) is 108 cm³/mol. The Hall–Kier alpha value is -2.51. The fourth-order valence-electron chi connectivity index (χ4n) is 2.68. The lowest BCUT2D eigenvalue weighted by Gasteiger charge is -2.06. The van der Waals surface area contributed by atoms with Crippen LogP contribution in [0.25, 0.3) is 20.8 Å². The van der Waals surface area contributed by atoms with Crippen molar-refractivity contribution in [3.05, 3.63) is 53.1 Å². The first-order valence-corrected chi connectivity index (χ1v) is 10.2. The molecule has 3 heterocycles. The molecule has 26 heavy (non-hydrogen) atoms. The summed E-state index contributed by atoms with van der Waals surface area (Å²) in [4.78, 5) is 14.1. The Morgan fingerprint density at radius 2 is 2.04 bits per heavy atom. The number of thiazole rings is 1. The normalized spacial score (nSPS) is 11.0. The summed E-state index contributed by atoms with van der Waals surface area (Å²) >= 11 is 3.29. The summed E-state index contributed by atoms with van der Waals surface area (Å²) < 4.78 is 6.75. The standard InChI is InChI=1S/C19H18N4OS2/c1-2-24-14-8-18(25-10-14)16-9-19(22-11-21-16)20-6-5-13-3-4-17-15(7-13)23-12-26-17/h3-4,7-12H,2,5-6H2,1H3,(H,20,21,22). The molecule has 132 valence electrons. The molecule has 0 atom stereocenters. The molecule has 4 aromatic rings. The molecule has 7 heteroatoms. The van der Waals surface area contributed by atoms with Crippen LogP contribution < -0.4 is 10.1 Å². The second-order valence-electron chi connectivity index (χ2n) is 5.70. The Kier molecular flexibility index (Phi) is 5.08. The molecule has 0 saturated carbocycles. The van der Waals surface area contributed by atoms with E-state index in [1.165, 1.54) is 10.3 Å². The first-order chi connectivity index (χ1) is 12.8. The van der Waals surface area contributed by atoms with Crippen molar-refractivity contribution in [2.24, 2.45) is 0 Å². The maximum atomic E-state index is 5.52. The molecule has 0 fully saturated rings. The van der Waals surface area contributed by atoms with Crippen LogP contribution in [-0.2, 0) is 6.42 Å². The maximum absolute atomic E-state index is 5.52. The van der Waals surface area contributed by atoms with Gasteiger partial charge in [-0.1, -0.05) is 6.07 Å². The number of hydrogen-bond donors (Lipinski definition) is 1. The molecule has 1 N–H and O–H groups in total. The summed E-state index contributed by atoms with van der Waals surface area (Å²) in [5, 5.41) is 5.38. The van der Waals surface area contributed by atoms with Gasteiger partial charge in [0.05, 0.1) is 32.9 Å². The van der Waals surface area contributed by atoms with Crippen LogP contribution in [0, 0.1) is 0 Å². The fourth-order valence-corrected chi connectivity index (χ4v) is 4.13. The van der Waals surface area contributed by atoms with E-state index in [9.17, 15) is 0 Å². The van der Waals surface area contributed by atoms with E-state index in [1.54, 1.807) is 29.0 Å². The van der Waals surface area contributed by atoms with E-state index in [0.29, 0.717) is 6.61 Å². The first kappa shape index (κ1) is 16.9. The zero-order valence-electron chi connectivity index (χ0n) is 14.3. The molecule has 4 rings (SSSR count). The highest BCUT2D eigenvalue weighted by molar-refractivity contribution is 7.16. The number of hydrogen-bond acceptors (Lipinski definition) is 7. The summed E-state index contributed by atoms with van der Waals surface area (Å²) in [7, 11) is 0. The van der Waals surface area contributed by atoms with E-state index in [1.807, 2.05) is 29.9 Å². The minimum absolute atomic E-state index is 0.666. The van der Waals surface area contributed by atoms with E-state index < -0.39 is 0 Å². The van der Waals surface area contributed by atoms with Crippen molar-refractivity contribution >= 4 is 38.7 Å². The van der Waals surface area contributed by atoms with Crippen molar-refractivity contribution < 1.29 is 4.74 Å². The Morgan fingerprint density at radius 3 is 2.96 bits per heavy atom. The van der Waals surface area contributed by atoms with Gasteiger partial charge >= 0.3 is 0 Å². The largest absolute Gasteiger partial charge is 0.493 e. The van der Waals surface area contributed by atoms with Crippen LogP contribution in [0.15, 0.2) is 47.5 Å². The molecule has 0 aliphatic carbocycles. The number of thiophene rings is 1. The SMILES string of the molecule is CCOc1csc(-c2cc(NCCc3ccc4scnc4c3)ncn2)c1. The molecule has 0 unspecified atom stereocenters. The van der Waals surface area contributed by atoms with Crippen molar-refractivity contribution in [3.63, 3.8) is 0 Å². The minimum Gasteiger partial charge on any atom is -0.493 e. The van der Waals surface area contributed by atoms with Gasteiger partial charge < -0.3 is 10.1 Å². The third-order valence-electron chi connectivity index (χ3n) is 3.92. The van der Waals surface area contributed by atoms with Crippen molar-refractivity contribution in [1.82, 2.24) is 15.0 Å².